The van der Waals surface area contributed by atoms with Crippen LogP contribution in [0, 0.1) is 54.6 Å². The molecule has 0 radical (unpaired) electrons. The minimum atomic E-state index is -1.34. The van der Waals surface area contributed by atoms with Crippen molar-refractivity contribution in [3.8, 4) is 33.9 Å². The van der Waals surface area contributed by atoms with Gasteiger partial charge in [-0.3, -0.25) is 23.5 Å². The summed E-state index contributed by atoms with van der Waals surface area (Å²) in [5.41, 5.74) is -2.20. The van der Waals surface area contributed by atoms with E-state index < -0.39 is 75.1 Å². The molecule has 0 spiro atoms. The highest BCUT2D eigenvalue weighted by Crippen LogP contribution is 2.35. The van der Waals surface area contributed by atoms with E-state index in [1.807, 2.05) is 0 Å². The van der Waals surface area contributed by atoms with Gasteiger partial charge in [-0.15, -0.1) is 0 Å². The summed E-state index contributed by atoms with van der Waals surface area (Å²) in [6.45, 7) is 17.2. The summed E-state index contributed by atoms with van der Waals surface area (Å²) in [5, 5.41) is 18.7. The molecule has 85 heavy (non-hydrogen) atoms. The lowest BCUT2D eigenvalue weighted by Gasteiger charge is -2.19. The van der Waals surface area contributed by atoms with Crippen LogP contribution in [0.5, 0.6) is 0 Å². The van der Waals surface area contributed by atoms with Crippen LogP contribution in [-0.4, -0.2) is 108 Å². The minimum absolute atomic E-state index is 0.0358. The van der Waals surface area contributed by atoms with Crippen LogP contribution in [0.25, 0.3) is 56.0 Å². The molecule has 0 bridgehead atoms. The van der Waals surface area contributed by atoms with Crippen LogP contribution in [0.2, 0.25) is 0 Å². The standard InChI is InChI=1S/C34H32F4N6O2.C28H28F3N5O3/c1-4-43(5-2)17-7-16-39-34-41-30(24-14-15-29(45)44(32(24)42-34)31-26(36)8-6-9-27(31)37)25-18-21(19-28(38)20(25)3)33(46)40-23-12-10-22(35)11-13-23;1-4-35(5-2)13-7-12-32-28-33-24(19-14-17(27(38)39)15-22(31)16(19)3)18-10-11-23(37)36(26(18)34-28)25-20(29)8-6-9-21(25)30/h6,8-15,18-19H,4-5,7,16-17H2,1-3H3,(H,40,46)(H,39,41,42);6,8-11,14-15H,4-5,7,12-13H2,1-3H3,(H,38,39)(H,32,33,34). The van der Waals surface area contributed by atoms with Gasteiger partial charge in [0, 0.05) is 58.4 Å². The molecular formula is C62H60F7N11O5. The normalized spacial score (nSPS) is 11.3. The van der Waals surface area contributed by atoms with Crippen LogP contribution >= 0.6 is 0 Å². The highest BCUT2D eigenvalue weighted by atomic mass is 19.2. The molecule has 0 aliphatic heterocycles. The number of aromatic carboxylic acids is 1. The third kappa shape index (κ3) is 13.9. The Morgan fingerprint density at radius 1 is 0.518 bits per heavy atom. The van der Waals surface area contributed by atoms with Crippen LogP contribution in [0.1, 0.15) is 72.4 Å². The molecule has 4 heterocycles. The lowest BCUT2D eigenvalue weighted by molar-refractivity contribution is 0.0696. The molecule has 0 atom stereocenters. The number of aromatic nitrogens is 6. The van der Waals surface area contributed by atoms with Gasteiger partial charge in [-0.05, 0) is 162 Å². The van der Waals surface area contributed by atoms with E-state index in [1.54, 1.807) is 0 Å². The number of rotatable bonds is 21. The zero-order valence-corrected chi connectivity index (χ0v) is 47.3. The molecule has 9 rings (SSSR count). The first-order chi connectivity index (χ1) is 40.8. The number of carbonyl (C=O) groups excluding carboxylic acids is 1. The first-order valence-electron chi connectivity index (χ1n) is 27.4. The van der Waals surface area contributed by atoms with Gasteiger partial charge in [0.25, 0.3) is 17.0 Å². The van der Waals surface area contributed by atoms with E-state index >= 15 is 13.2 Å². The van der Waals surface area contributed by atoms with Gasteiger partial charge in [-0.1, -0.05) is 39.8 Å². The Hall–Kier alpha value is -9.35. The number of halogens is 7. The Morgan fingerprint density at radius 2 is 0.918 bits per heavy atom. The number of nitrogens with zero attached hydrogens (tertiary/aromatic N) is 8. The first-order valence-corrected chi connectivity index (χ1v) is 27.4. The van der Waals surface area contributed by atoms with E-state index in [0.717, 1.165) is 103 Å². The van der Waals surface area contributed by atoms with E-state index in [2.05, 4.69) is 73.4 Å². The van der Waals surface area contributed by atoms with Crippen molar-refractivity contribution in [1.82, 2.24) is 38.9 Å². The van der Waals surface area contributed by atoms with E-state index in [-0.39, 0.29) is 78.7 Å². The summed E-state index contributed by atoms with van der Waals surface area (Å²) in [7, 11) is 0. The number of amides is 1. The highest BCUT2D eigenvalue weighted by molar-refractivity contribution is 6.06. The van der Waals surface area contributed by atoms with Crippen molar-refractivity contribution in [3.05, 3.63) is 193 Å². The van der Waals surface area contributed by atoms with Gasteiger partial charge >= 0.3 is 5.97 Å². The number of carboxylic acid groups (broad SMARTS) is 1. The maximum atomic E-state index is 15.4. The number of carbonyl (C=O) groups is 2. The maximum absolute atomic E-state index is 15.4. The fraction of sp³-hybridized carbons (Fsp3) is 0.258. The zero-order valence-electron chi connectivity index (χ0n) is 47.3. The minimum Gasteiger partial charge on any atom is -0.478 e. The maximum Gasteiger partial charge on any atom is 0.335 e. The molecular weight excluding hydrogens is 1110 g/mol. The van der Waals surface area contributed by atoms with Gasteiger partial charge < -0.3 is 30.9 Å². The number of carboxylic acids is 1. The van der Waals surface area contributed by atoms with Crippen molar-refractivity contribution in [3.63, 3.8) is 0 Å². The van der Waals surface area contributed by atoms with Gasteiger partial charge in [0.15, 0.2) is 11.3 Å². The summed E-state index contributed by atoms with van der Waals surface area (Å²) in [4.78, 5) is 73.6. The second-order valence-electron chi connectivity index (χ2n) is 19.6. The van der Waals surface area contributed by atoms with E-state index in [9.17, 15) is 41.8 Å². The van der Waals surface area contributed by atoms with Crippen LogP contribution < -0.4 is 27.1 Å². The summed E-state index contributed by atoms with van der Waals surface area (Å²) >= 11 is 0. The number of para-hydroxylation sites is 2. The van der Waals surface area contributed by atoms with Gasteiger partial charge in [0.1, 0.15) is 52.1 Å². The Balaban J connectivity index is 0.000000224. The van der Waals surface area contributed by atoms with Crippen molar-refractivity contribution in [2.24, 2.45) is 0 Å². The molecule has 442 valence electrons. The second-order valence-corrected chi connectivity index (χ2v) is 19.6. The number of nitrogens with one attached hydrogen (secondary N) is 3. The fourth-order valence-electron chi connectivity index (χ4n) is 9.56. The summed E-state index contributed by atoms with van der Waals surface area (Å²) in [6, 6.07) is 21.2. The molecule has 0 aliphatic rings. The molecule has 0 aliphatic carbocycles. The summed E-state index contributed by atoms with van der Waals surface area (Å²) in [6.07, 6.45) is 1.44. The fourth-order valence-corrected chi connectivity index (χ4v) is 9.56. The Morgan fingerprint density at radius 3 is 1.32 bits per heavy atom. The van der Waals surface area contributed by atoms with Crippen LogP contribution in [0.15, 0.2) is 119 Å². The lowest BCUT2D eigenvalue weighted by Crippen LogP contribution is -2.25. The predicted octanol–water partition coefficient (Wildman–Crippen LogP) is 11.7. The number of hydrogen-bond donors (Lipinski definition) is 4. The molecule has 4 N–H and O–H groups in total. The average Bonchev–Trinajstić information content (AvgIpc) is 1.35. The molecule has 5 aromatic carbocycles. The average molecular weight is 1170 g/mol. The molecule has 23 heteroatoms. The topological polar surface area (TPSA) is 192 Å². The highest BCUT2D eigenvalue weighted by Gasteiger charge is 2.25. The quantitative estimate of drug-likeness (QED) is 0.0393. The largest absolute Gasteiger partial charge is 0.478 e. The van der Waals surface area contributed by atoms with Gasteiger partial charge in [-0.2, -0.15) is 9.97 Å². The lowest BCUT2D eigenvalue weighted by atomic mass is 9.98. The molecule has 0 unspecified atom stereocenters. The number of anilines is 3. The smallest absolute Gasteiger partial charge is 0.335 e. The van der Waals surface area contributed by atoms with Gasteiger partial charge in [0.05, 0.1) is 17.0 Å². The molecule has 0 saturated heterocycles. The molecule has 4 aromatic heterocycles. The van der Waals surface area contributed by atoms with Crippen molar-refractivity contribution in [1.29, 1.82) is 0 Å². The van der Waals surface area contributed by atoms with Gasteiger partial charge in [0.2, 0.25) is 11.9 Å². The Bertz CT molecular complexity index is 4040. The molecule has 1 amide bonds. The molecule has 16 nitrogen and oxygen atoms in total. The monoisotopic (exact) mass is 1170 g/mol. The number of hydrogen-bond acceptors (Lipinski definition) is 12. The first kappa shape index (κ1) is 61.7. The van der Waals surface area contributed by atoms with E-state index in [4.69, 9.17) is 0 Å². The van der Waals surface area contributed by atoms with Crippen molar-refractivity contribution >= 4 is 51.5 Å². The second kappa shape index (κ2) is 27.4. The summed E-state index contributed by atoms with van der Waals surface area (Å²) < 4.78 is 105. The number of fused-ring (bicyclic) bond motifs is 2. The van der Waals surface area contributed by atoms with E-state index in [0.29, 0.717) is 25.2 Å². The zero-order chi connectivity index (χ0) is 61.2. The third-order valence-corrected chi connectivity index (χ3v) is 14.3. The Kier molecular flexibility index (Phi) is 19.9. The van der Waals surface area contributed by atoms with Crippen LogP contribution in [0.4, 0.5) is 48.3 Å². The van der Waals surface area contributed by atoms with Crippen molar-refractivity contribution < 1.29 is 45.4 Å². The predicted molar refractivity (Wildman–Crippen MR) is 313 cm³/mol. The Labute approximate surface area is 483 Å². The van der Waals surface area contributed by atoms with Gasteiger partial charge in [-0.25, -0.2) is 45.5 Å². The van der Waals surface area contributed by atoms with E-state index in [1.165, 1.54) is 74.5 Å². The molecule has 0 fully saturated rings. The van der Waals surface area contributed by atoms with Crippen molar-refractivity contribution in [2.75, 3.05) is 68.3 Å². The van der Waals surface area contributed by atoms with Crippen molar-refractivity contribution in [2.45, 2.75) is 54.4 Å². The van der Waals surface area contributed by atoms with Crippen LogP contribution in [-0.2, 0) is 0 Å². The molecule has 9 aromatic rings. The number of benzene rings is 5. The summed E-state index contributed by atoms with van der Waals surface area (Å²) in [5.74, 6) is -7.80. The number of pyridine rings is 2. The third-order valence-electron chi connectivity index (χ3n) is 14.3. The molecule has 0 saturated carbocycles. The SMILES string of the molecule is CCN(CC)CCCNc1nc(-c2cc(C(=O)Nc3ccc(F)cc3)cc(F)c2C)c2ccc(=O)n(-c3c(F)cccc3F)c2n1.CCN(CC)CCCNc1nc(-c2cc(C(=O)O)cc(F)c2C)c2ccc(=O)n(-c3c(F)cccc3F)c2n1. The van der Waals surface area contributed by atoms with Crippen LogP contribution in [0.3, 0.4) is 0 Å².